The summed E-state index contributed by atoms with van der Waals surface area (Å²) < 4.78 is 1.51. The molecule has 0 aliphatic heterocycles. The molecule has 8 heteroatoms. The Morgan fingerprint density at radius 2 is 2.00 bits per heavy atom. The van der Waals surface area contributed by atoms with E-state index in [0.717, 1.165) is 11.4 Å². The van der Waals surface area contributed by atoms with Gasteiger partial charge in [0.2, 0.25) is 0 Å². The van der Waals surface area contributed by atoms with Gasteiger partial charge in [0.1, 0.15) is 5.03 Å². The lowest BCUT2D eigenvalue weighted by Crippen LogP contribution is -2.16. The molecule has 2 rings (SSSR count). The SMILES string of the molecule is CCn1c(Sc2nc(C)c(C)nc2Cl)n[nH]c1=O. The maximum absolute atomic E-state index is 11.4. The molecule has 0 fully saturated rings. The van der Waals surface area contributed by atoms with Crippen LogP contribution in [0.5, 0.6) is 0 Å². The van der Waals surface area contributed by atoms with Crippen molar-refractivity contribution >= 4 is 23.4 Å². The quantitative estimate of drug-likeness (QED) is 0.930. The zero-order valence-corrected chi connectivity index (χ0v) is 11.8. The van der Waals surface area contributed by atoms with Crippen LogP contribution in [0.3, 0.4) is 0 Å². The molecular formula is C10H12ClN5OS. The first-order valence-electron chi connectivity index (χ1n) is 5.36. The van der Waals surface area contributed by atoms with Gasteiger partial charge in [0.25, 0.3) is 0 Å². The molecule has 96 valence electrons. The molecule has 0 radical (unpaired) electrons. The molecule has 0 unspecified atom stereocenters. The molecule has 0 atom stereocenters. The maximum atomic E-state index is 11.4. The summed E-state index contributed by atoms with van der Waals surface area (Å²) in [6, 6.07) is 0. The van der Waals surface area contributed by atoms with E-state index in [1.807, 2.05) is 20.8 Å². The van der Waals surface area contributed by atoms with Gasteiger partial charge in [0, 0.05) is 6.54 Å². The highest BCUT2D eigenvalue weighted by atomic mass is 35.5. The second-order valence-corrected chi connectivity index (χ2v) is 4.96. The summed E-state index contributed by atoms with van der Waals surface area (Å²) in [6.45, 7) is 6.11. The number of hydrogen-bond donors (Lipinski definition) is 1. The Morgan fingerprint density at radius 3 is 2.67 bits per heavy atom. The predicted molar refractivity (Wildman–Crippen MR) is 69.2 cm³/mol. The Bertz CT molecular complexity index is 636. The van der Waals surface area contributed by atoms with E-state index >= 15 is 0 Å². The number of nitrogens with zero attached hydrogens (tertiary/aromatic N) is 4. The van der Waals surface area contributed by atoms with Gasteiger partial charge >= 0.3 is 5.69 Å². The van der Waals surface area contributed by atoms with Gasteiger partial charge < -0.3 is 0 Å². The third kappa shape index (κ3) is 2.41. The average molecular weight is 286 g/mol. The number of aromatic nitrogens is 5. The van der Waals surface area contributed by atoms with Gasteiger partial charge in [0.15, 0.2) is 10.3 Å². The molecular weight excluding hydrogens is 274 g/mol. The van der Waals surface area contributed by atoms with Gasteiger partial charge in [-0.25, -0.2) is 19.9 Å². The van der Waals surface area contributed by atoms with Crippen LogP contribution in [0.25, 0.3) is 0 Å². The van der Waals surface area contributed by atoms with Crippen LogP contribution in [0.15, 0.2) is 15.0 Å². The molecule has 0 aromatic carbocycles. The first-order valence-corrected chi connectivity index (χ1v) is 6.56. The van der Waals surface area contributed by atoms with Gasteiger partial charge in [-0.1, -0.05) is 11.6 Å². The van der Waals surface area contributed by atoms with Crippen molar-refractivity contribution in [2.75, 3.05) is 0 Å². The van der Waals surface area contributed by atoms with Crippen molar-refractivity contribution in [2.45, 2.75) is 37.5 Å². The minimum Gasteiger partial charge on any atom is -0.270 e. The molecule has 0 spiro atoms. The summed E-state index contributed by atoms with van der Waals surface area (Å²) in [5, 5.41) is 7.74. The van der Waals surface area contributed by atoms with E-state index in [1.54, 1.807) is 0 Å². The Balaban J connectivity index is 2.40. The minimum atomic E-state index is -0.243. The molecule has 2 aromatic rings. The fraction of sp³-hybridized carbons (Fsp3) is 0.400. The first-order chi connectivity index (χ1) is 8.52. The molecule has 0 amide bonds. The van der Waals surface area contributed by atoms with E-state index in [2.05, 4.69) is 20.2 Å². The molecule has 2 aromatic heterocycles. The molecule has 0 aliphatic carbocycles. The van der Waals surface area contributed by atoms with Crippen molar-refractivity contribution < 1.29 is 0 Å². The molecule has 0 saturated carbocycles. The molecule has 0 saturated heterocycles. The lowest BCUT2D eigenvalue weighted by atomic mass is 10.4. The summed E-state index contributed by atoms with van der Waals surface area (Å²) in [5.74, 6) is 0. The maximum Gasteiger partial charge on any atom is 0.343 e. The van der Waals surface area contributed by atoms with Crippen molar-refractivity contribution in [1.29, 1.82) is 0 Å². The predicted octanol–water partition coefficient (Wildman–Crippen LogP) is 1.80. The number of aryl methyl sites for hydroxylation is 2. The number of nitrogens with one attached hydrogen (secondary N) is 1. The second kappa shape index (κ2) is 5.11. The molecule has 0 bridgehead atoms. The lowest BCUT2D eigenvalue weighted by molar-refractivity contribution is 0.660. The summed E-state index contributed by atoms with van der Waals surface area (Å²) in [5.41, 5.74) is 1.36. The monoisotopic (exact) mass is 285 g/mol. The van der Waals surface area contributed by atoms with Crippen molar-refractivity contribution in [3.63, 3.8) is 0 Å². The molecule has 2 heterocycles. The second-order valence-electron chi connectivity index (χ2n) is 3.65. The fourth-order valence-electron chi connectivity index (χ4n) is 1.37. The number of H-pyrrole nitrogens is 1. The summed E-state index contributed by atoms with van der Waals surface area (Å²) in [7, 11) is 0. The van der Waals surface area contributed by atoms with Crippen molar-refractivity contribution in [1.82, 2.24) is 24.7 Å². The van der Waals surface area contributed by atoms with Crippen molar-refractivity contribution in [3.8, 4) is 0 Å². The van der Waals surface area contributed by atoms with Crippen LogP contribution < -0.4 is 5.69 Å². The van der Waals surface area contributed by atoms with Crippen molar-refractivity contribution in [3.05, 3.63) is 27.0 Å². The van der Waals surface area contributed by atoms with E-state index in [-0.39, 0.29) is 5.69 Å². The summed E-state index contributed by atoms with van der Waals surface area (Å²) in [6.07, 6.45) is 0. The number of hydrogen-bond acceptors (Lipinski definition) is 5. The number of rotatable bonds is 3. The van der Waals surface area contributed by atoms with Crippen LogP contribution in [-0.2, 0) is 6.54 Å². The van der Waals surface area contributed by atoms with Gasteiger partial charge in [-0.3, -0.25) is 4.57 Å². The highest BCUT2D eigenvalue weighted by Crippen LogP contribution is 2.29. The average Bonchev–Trinajstić information content (AvgIpc) is 2.67. The number of halogens is 1. The van der Waals surface area contributed by atoms with Gasteiger partial charge in [0.05, 0.1) is 11.4 Å². The van der Waals surface area contributed by atoms with E-state index in [0.29, 0.717) is 21.9 Å². The van der Waals surface area contributed by atoms with E-state index in [1.165, 1.54) is 16.3 Å². The lowest BCUT2D eigenvalue weighted by Gasteiger charge is -2.05. The van der Waals surface area contributed by atoms with Crippen LogP contribution in [0.1, 0.15) is 18.3 Å². The molecule has 1 N–H and O–H groups in total. The molecule has 18 heavy (non-hydrogen) atoms. The van der Waals surface area contributed by atoms with Crippen molar-refractivity contribution in [2.24, 2.45) is 0 Å². The van der Waals surface area contributed by atoms with Crippen LogP contribution in [0.2, 0.25) is 5.15 Å². The van der Waals surface area contributed by atoms with Crippen LogP contribution in [0, 0.1) is 13.8 Å². The Kier molecular flexibility index (Phi) is 3.72. The van der Waals surface area contributed by atoms with Gasteiger partial charge in [-0.05, 0) is 32.5 Å². The fourth-order valence-corrected chi connectivity index (χ4v) is 2.55. The van der Waals surface area contributed by atoms with E-state index in [4.69, 9.17) is 11.6 Å². The minimum absolute atomic E-state index is 0.243. The highest BCUT2D eigenvalue weighted by Gasteiger charge is 2.14. The smallest absolute Gasteiger partial charge is 0.270 e. The Labute approximate surface area is 113 Å². The highest BCUT2D eigenvalue weighted by molar-refractivity contribution is 7.99. The van der Waals surface area contributed by atoms with Crippen LogP contribution >= 0.6 is 23.4 Å². The third-order valence-corrected chi connectivity index (χ3v) is 3.81. The zero-order valence-electron chi connectivity index (χ0n) is 10.2. The van der Waals surface area contributed by atoms with Gasteiger partial charge in [-0.2, -0.15) is 0 Å². The number of aromatic amines is 1. The van der Waals surface area contributed by atoms with Crippen LogP contribution in [0.4, 0.5) is 0 Å². The van der Waals surface area contributed by atoms with Gasteiger partial charge in [-0.15, -0.1) is 5.10 Å². The van der Waals surface area contributed by atoms with Crippen LogP contribution in [-0.4, -0.2) is 24.7 Å². The summed E-state index contributed by atoms with van der Waals surface area (Å²) >= 11 is 7.26. The molecule has 0 aliphatic rings. The topological polar surface area (TPSA) is 76.5 Å². The largest absolute Gasteiger partial charge is 0.343 e. The van der Waals surface area contributed by atoms with E-state index < -0.39 is 0 Å². The molecule has 6 nitrogen and oxygen atoms in total. The normalized spacial score (nSPS) is 10.9. The first kappa shape index (κ1) is 13.1. The zero-order chi connectivity index (χ0) is 13.3. The third-order valence-electron chi connectivity index (χ3n) is 2.46. The standard InChI is InChI=1S/C10H12ClN5OS/c1-4-16-9(17)14-15-10(16)18-8-7(11)12-5(2)6(3)13-8/h4H2,1-3H3,(H,14,17). The Hall–Kier alpha value is -1.34. The Morgan fingerprint density at radius 1 is 1.33 bits per heavy atom. The summed E-state index contributed by atoms with van der Waals surface area (Å²) in [4.78, 5) is 20.0. The van der Waals surface area contributed by atoms with E-state index in [9.17, 15) is 4.79 Å².